The summed E-state index contributed by atoms with van der Waals surface area (Å²) in [6, 6.07) is 0. The second-order valence-corrected chi connectivity index (χ2v) is 6.30. The Bertz CT molecular complexity index is 299. The van der Waals surface area contributed by atoms with E-state index in [2.05, 4.69) is 20.8 Å². The number of nitrogens with zero attached hydrogens (tertiary/aromatic N) is 2. The fourth-order valence-electron chi connectivity index (χ4n) is 2.20. The predicted octanol–water partition coefficient (Wildman–Crippen LogP) is 1.89. The average Bonchev–Trinajstić information content (AvgIpc) is 2.27. The van der Waals surface area contributed by atoms with Crippen LogP contribution in [0, 0.1) is 5.41 Å². The second-order valence-electron chi connectivity index (χ2n) is 6.30. The molecule has 0 radical (unpaired) electrons. The Labute approximate surface area is 110 Å². The van der Waals surface area contributed by atoms with E-state index in [0.717, 1.165) is 12.8 Å². The summed E-state index contributed by atoms with van der Waals surface area (Å²) in [5, 5.41) is 0. The highest BCUT2D eigenvalue weighted by Gasteiger charge is 2.22. The van der Waals surface area contributed by atoms with Crippen molar-refractivity contribution in [3.8, 4) is 0 Å². The lowest BCUT2D eigenvalue weighted by atomic mass is 9.90. The average molecular weight is 254 g/mol. The highest BCUT2D eigenvalue weighted by molar-refractivity contribution is 5.77. The van der Waals surface area contributed by atoms with Gasteiger partial charge in [-0.05, 0) is 18.3 Å². The molecule has 0 N–H and O–H groups in total. The minimum absolute atomic E-state index is 0.106. The van der Waals surface area contributed by atoms with Crippen LogP contribution in [-0.2, 0) is 9.59 Å². The third-order valence-corrected chi connectivity index (χ3v) is 3.40. The van der Waals surface area contributed by atoms with Crippen LogP contribution in [0.3, 0.4) is 0 Å². The Kier molecular flexibility index (Phi) is 5.17. The summed E-state index contributed by atoms with van der Waals surface area (Å²) in [7, 11) is 0. The molecule has 1 heterocycles. The number of carbonyl (C=O) groups is 2. The summed E-state index contributed by atoms with van der Waals surface area (Å²) >= 11 is 0. The molecular weight excluding hydrogens is 228 g/mol. The van der Waals surface area contributed by atoms with E-state index in [-0.39, 0.29) is 11.8 Å². The van der Waals surface area contributed by atoms with Gasteiger partial charge in [0.2, 0.25) is 11.8 Å². The quantitative estimate of drug-likeness (QED) is 0.771. The summed E-state index contributed by atoms with van der Waals surface area (Å²) in [6.45, 7) is 10.9. The van der Waals surface area contributed by atoms with Crippen LogP contribution in [0.5, 0.6) is 0 Å². The zero-order valence-corrected chi connectivity index (χ0v) is 12.2. The van der Waals surface area contributed by atoms with Gasteiger partial charge in [-0.25, -0.2) is 0 Å². The molecule has 0 aliphatic carbocycles. The largest absolute Gasteiger partial charge is 0.339 e. The lowest BCUT2D eigenvalue weighted by Crippen LogP contribution is -2.50. The summed E-state index contributed by atoms with van der Waals surface area (Å²) in [4.78, 5) is 26.9. The monoisotopic (exact) mass is 254 g/mol. The normalized spacial score (nSPS) is 16.9. The summed E-state index contributed by atoms with van der Waals surface area (Å²) in [5.74, 6) is 0.345. The highest BCUT2D eigenvalue weighted by atomic mass is 16.2. The fourth-order valence-corrected chi connectivity index (χ4v) is 2.20. The molecule has 4 heteroatoms. The molecule has 1 fully saturated rings. The van der Waals surface area contributed by atoms with Crippen molar-refractivity contribution in [1.82, 2.24) is 9.80 Å². The topological polar surface area (TPSA) is 40.6 Å². The van der Waals surface area contributed by atoms with Gasteiger partial charge in [0.1, 0.15) is 0 Å². The van der Waals surface area contributed by atoms with Crippen LogP contribution < -0.4 is 0 Å². The summed E-state index contributed by atoms with van der Waals surface area (Å²) < 4.78 is 0. The lowest BCUT2D eigenvalue weighted by molar-refractivity contribution is -0.138. The minimum atomic E-state index is 0.106. The van der Waals surface area contributed by atoms with Crippen LogP contribution >= 0.6 is 0 Å². The molecule has 0 aromatic rings. The van der Waals surface area contributed by atoms with Crippen molar-refractivity contribution in [3.05, 3.63) is 0 Å². The Hall–Kier alpha value is -1.06. The van der Waals surface area contributed by atoms with Crippen molar-refractivity contribution in [2.75, 3.05) is 26.2 Å². The Morgan fingerprint density at radius 1 is 1.00 bits per heavy atom. The molecule has 0 bridgehead atoms. The van der Waals surface area contributed by atoms with Crippen molar-refractivity contribution in [2.45, 2.75) is 47.0 Å². The molecule has 0 aromatic heterocycles. The van der Waals surface area contributed by atoms with Gasteiger partial charge in [0.15, 0.2) is 0 Å². The number of carbonyl (C=O) groups excluding carboxylic acids is 2. The molecule has 4 nitrogen and oxygen atoms in total. The van der Waals surface area contributed by atoms with Crippen LogP contribution in [-0.4, -0.2) is 47.8 Å². The van der Waals surface area contributed by atoms with Crippen molar-refractivity contribution in [1.29, 1.82) is 0 Å². The van der Waals surface area contributed by atoms with Crippen molar-refractivity contribution < 1.29 is 9.59 Å². The van der Waals surface area contributed by atoms with E-state index in [1.165, 1.54) is 0 Å². The number of hydrogen-bond acceptors (Lipinski definition) is 2. The predicted molar refractivity (Wildman–Crippen MR) is 72.1 cm³/mol. The van der Waals surface area contributed by atoms with E-state index < -0.39 is 0 Å². The lowest BCUT2D eigenvalue weighted by Gasteiger charge is -2.34. The molecule has 1 rings (SSSR count). The minimum Gasteiger partial charge on any atom is -0.339 e. The van der Waals surface area contributed by atoms with Gasteiger partial charge in [0.25, 0.3) is 0 Å². The van der Waals surface area contributed by atoms with Crippen LogP contribution in [0.2, 0.25) is 0 Å². The molecular formula is C14H26N2O2. The van der Waals surface area contributed by atoms with Crippen LogP contribution in [0.25, 0.3) is 0 Å². The van der Waals surface area contributed by atoms with Gasteiger partial charge < -0.3 is 9.80 Å². The van der Waals surface area contributed by atoms with Gasteiger partial charge in [-0.2, -0.15) is 0 Å². The van der Waals surface area contributed by atoms with Gasteiger partial charge >= 0.3 is 0 Å². The van der Waals surface area contributed by atoms with Gasteiger partial charge in [0, 0.05) is 39.5 Å². The summed E-state index contributed by atoms with van der Waals surface area (Å²) in [6.07, 6.45) is 2.67. The van der Waals surface area contributed by atoms with E-state index in [9.17, 15) is 9.59 Å². The number of rotatable bonds is 3. The van der Waals surface area contributed by atoms with Crippen molar-refractivity contribution in [2.24, 2.45) is 5.41 Å². The number of hydrogen-bond donors (Lipinski definition) is 0. The standard InChI is InChI=1S/C14H26N2O2/c1-12(17)15-8-10-16(11-9-15)13(18)6-5-7-14(2,3)4/h5-11H2,1-4H3. The maximum Gasteiger partial charge on any atom is 0.222 e. The van der Waals surface area contributed by atoms with Crippen LogP contribution in [0.1, 0.15) is 47.0 Å². The third-order valence-electron chi connectivity index (χ3n) is 3.40. The molecule has 1 aliphatic rings. The van der Waals surface area contributed by atoms with Crippen LogP contribution in [0.15, 0.2) is 0 Å². The molecule has 0 aromatic carbocycles. The van der Waals surface area contributed by atoms with E-state index in [1.54, 1.807) is 11.8 Å². The van der Waals surface area contributed by atoms with Crippen LogP contribution in [0.4, 0.5) is 0 Å². The second kappa shape index (κ2) is 6.21. The molecule has 0 spiro atoms. The van der Waals surface area contributed by atoms with Gasteiger partial charge in [-0.15, -0.1) is 0 Å². The maximum absolute atomic E-state index is 12.0. The molecule has 2 amide bonds. The molecule has 0 unspecified atom stereocenters. The Morgan fingerprint density at radius 2 is 1.50 bits per heavy atom. The Balaban J connectivity index is 2.26. The first kappa shape index (κ1) is 15.0. The van der Waals surface area contributed by atoms with Gasteiger partial charge in [0.05, 0.1) is 0 Å². The van der Waals surface area contributed by atoms with Crippen molar-refractivity contribution in [3.63, 3.8) is 0 Å². The van der Waals surface area contributed by atoms with E-state index in [4.69, 9.17) is 0 Å². The fraction of sp³-hybridized carbons (Fsp3) is 0.857. The molecule has 104 valence electrons. The first-order valence-corrected chi connectivity index (χ1v) is 6.83. The van der Waals surface area contributed by atoms with E-state index >= 15 is 0 Å². The highest BCUT2D eigenvalue weighted by Crippen LogP contribution is 2.21. The zero-order valence-electron chi connectivity index (χ0n) is 12.2. The van der Waals surface area contributed by atoms with Crippen molar-refractivity contribution >= 4 is 11.8 Å². The molecule has 1 saturated heterocycles. The first-order valence-electron chi connectivity index (χ1n) is 6.83. The SMILES string of the molecule is CC(=O)N1CCN(C(=O)CCCC(C)(C)C)CC1. The molecule has 0 saturated carbocycles. The van der Waals surface area contributed by atoms with Gasteiger partial charge in [-0.1, -0.05) is 20.8 Å². The van der Waals surface area contributed by atoms with E-state index in [0.29, 0.717) is 38.0 Å². The third kappa shape index (κ3) is 5.07. The van der Waals surface area contributed by atoms with E-state index in [1.807, 2.05) is 4.90 Å². The molecule has 18 heavy (non-hydrogen) atoms. The summed E-state index contributed by atoms with van der Waals surface area (Å²) in [5.41, 5.74) is 0.299. The van der Waals surface area contributed by atoms with Gasteiger partial charge in [-0.3, -0.25) is 9.59 Å². The maximum atomic E-state index is 12.0. The Morgan fingerprint density at radius 3 is 1.94 bits per heavy atom. The molecule has 0 atom stereocenters. The smallest absolute Gasteiger partial charge is 0.222 e. The number of amides is 2. The first-order chi connectivity index (χ1) is 8.29. The molecule has 1 aliphatic heterocycles. The zero-order chi connectivity index (χ0) is 13.8. The number of piperazine rings is 1.